The van der Waals surface area contributed by atoms with E-state index in [1.165, 1.54) is 27.4 Å². The van der Waals surface area contributed by atoms with Gasteiger partial charge in [-0.05, 0) is 50.8 Å². The van der Waals surface area contributed by atoms with Crippen LogP contribution < -0.4 is 0 Å². The number of fused-ring (bicyclic) bond motifs is 3. The van der Waals surface area contributed by atoms with Gasteiger partial charge in [0.15, 0.2) is 0 Å². The molecule has 5 heteroatoms. The third-order valence-corrected chi connectivity index (χ3v) is 5.61. The molecule has 5 aromatic rings. The van der Waals surface area contributed by atoms with Crippen LogP contribution in [0.3, 0.4) is 0 Å². The molecule has 30 heavy (non-hydrogen) atoms. The summed E-state index contributed by atoms with van der Waals surface area (Å²) in [5, 5.41) is 11.1. The summed E-state index contributed by atoms with van der Waals surface area (Å²) in [6.45, 7) is 4.06. The molecular weight excluding hydrogens is 370 g/mol. The van der Waals surface area contributed by atoms with Gasteiger partial charge in [0.1, 0.15) is 0 Å². The van der Waals surface area contributed by atoms with Crippen LogP contribution in [-0.4, -0.2) is 38.6 Å². The maximum absolute atomic E-state index is 4.40. The minimum absolute atomic E-state index is 0.927. The average molecular weight is 396 g/mol. The summed E-state index contributed by atoms with van der Waals surface area (Å²) in [5.41, 5.74) is 6.92. The fourth-order valence-corrected chi connectivity index (χ4v) is 4.28. The summed E-state index contributed by atoms with van der Waals surface area (Å²) in [4.78, 5) is 2.17. The highest BCUT2D eigenvalue weighted by atomic mass is 15.4. The Balaban J connectivity index is 1.61. The van der Waals surface area contributed by atoms with E-state index in [4.69, 9.17) is 0 Å². The molecule has 0 unspecified atom stereocenters. The SMILES string of the molecule is CCn1c2ccccc2c2cc(-n3nncc3-c3ccc(CN(C)C)cc3)ccc21. The van der Waals surface area contributed by atoms with Gasteiger partial charge in [0, 0.05) is 40.5 Å². The molecule has 2 aromatic heterocycles. The molecule has 0 radical (unpaired) electrons. The number of nitrogens with zero attached hydrogens (tertiary/aromatic N) is 5. The molecule has 0 fully saturated rings. The number of aromatic nitrogens is 4. The normalized spacial score (nSPS) is 11.7. The Morgan fingerprint density at radius 2 is 1.63 bits per heavy atom. The lowest BCUT2D eigenvalue weighted by molar-refractivity contribution is 0.402. The van der Waals surface area contributed by atoms with Crippen molar-refractivity contribution in [3.05, 3.63) is 78.5 Å². The predicted molar refractivity (Wildman–Crippen MR) is 123 cm³/mol. The highest BCUT2D eigenvalue weighted by Crippen LogP contribution is 2.31. The summed E-state index contributed by atoms with van der Waals surface area (Å²) >= 11 is 0. The minimum Gasteiger partial charge on any atom is -0.341 e. The molecule has 0 N–H and O–H groups in total. The second-order valence-corrected chi connectivity index (χ2v) is 7.93. The lowest BCUT2D eigenvalue weighted by atomic mass is 10.1. The molecule has 0 saturated carbocycles. The molecule has 0 aliphatic rings. The fourth-order valence-electron chi connectivity index (χ4n) is 4.28. The van der Waals surface area contributed by atoms with Crippen LogP contribution in [0.25, 0.3) is 38.8 Å². The summed E-state index contributed by atoms with van der Waals surface area (Å²) in [6, 6.07) is 23.8. The lowest BCUT2D eigenvalue weighted by Crippen LogP contribution is -2.10. The van der Waals surface area contributed by atoms with Crippen LogP contribution in [0.15, 0.2) is 72.9 Å². The van der Waals surface area contributed by atoms with Gasteiger partial charge in [-0.25, -0.2) is 4.68 Å². The first-order valence-corrected chi connectivity index (χ1v) is 10.3. The smallest absolute Gasteiger partial charge is 0.0944 e. The predicted octanol–water partition coefficient (Wildman–Crippen LogP) is 5.12. The van der Waals surface area contributed by atoms with Crippen molar-refractivity contribution in [2.24, 2.45) is 0 Å². The maximum atomic E-state index is 4.40. The van der Waals surface area contributed by atoms with Crippen LogP contribution in [0.1, 0.15) is 12.5 Å². The van der Waals surface area contributed by atoms with Gasteiger partial charge in [-0.2, -0.15) is 0 Å². The Bertz CT molecular complexity index is 1330. The molecule has 0 aliphatic heterocycles. The molecule has 0 aliphatic carbocycles. The number of aryl methyl sites for hydroxylation is 1. The highest BCUT2D eigenvalue weighted by Gasteiger charge is 2.13. The second-order valence-electron chi connectivity index (χ2n) is 7.93. The van der Waals surface area contributed by atoms with Crippen molar-refractivity contribution >= 4 is 21.8 Å². The van der Waals surface area contributed by atoms with Crippen molar-refractivity contribution in [1.29, 1.82) is 0 Å². The van der Waals surface area contributed by atoms with Gasteiger partial charge in [0.2, 0.25) is 0 Å². The van der Waals surface area contributed by atoms with Crippen molar-refractivity contribution in [3.63, 3.8) is 0 Å². The Kier molecular flexibility index (Phi) is 4.60. The van der Waals surface area contributed by atoms with Crippen LogP contribution in [0, 0.1) is 0 Å². The Hall–Kier alpha value is -3.44. The van der Waals surface area contributed by atoms with Crippen LogP contribution >= 0.6 is 0 Å². The zero-order valence-corrected chi connectivity index (χ0v) is 17.6. The zero-order chi connectivity index (χ0) is 20.7. The van der Waals surface area contributed by atoms with E-state index in [-0.39, 0.29) is 0 Å². The van der Waals surface area contributed by atoms with E-state index in [0.717, 1.165) is 30.0 Å². The van der Waals surface area contributed by atoms with E-state index >= 15 is 0 Å². The second kappa shape index (κ2) is 7.43. The van der Waals surface area contributed by atoms with E-state index in [9.17, 15) is 0 Å². The number of hydrogen-bond acceptors (Lipinski definition) is 3. The zero-order valence-electron chi connectivity index (χ0n) is 17.6. The van der Waals surface area contributed by atoms with Gasteiger partial charge in [-0.15, -0.1) is 5.10 Å². The van der Waals surface area contributed by atoms with E-state index < -0.39 is 0 Å². The first-order chi connectivity index (χ1) is 14.7. The van der Waals surface area contributed by atoms with Crippen LogP contribution in [0.2, 0.25) is 0 Å². The molecule has 3 aromatic carbocycles. The summed E-state index contributed by atoms with van der Waals surface area (Å²) in [6.07, 6.45) is 1.83. The number of benzene rings is 3. The standard InChI is InChI=1S/C25H25N5/c1-4-29-23-8-6-5-7-21(23)22-15-20(13-14-24(22)29)30-25(16-26-27-30)19-11-9-18(10-12-19)17-28(2)3/h5-16H,4,17H2,1-3H3. The van der Waals surface area contributed by atoms with Crippen molar-refractivity contribution in [2.45, 2.75) is 20.0 Å². The monoisotopic (exact) mass is 395 g/mol. The largest absolute Gasteiger partial charge is 0.341 e. The summed E-state index contributed by atoms with van der Waals surface area (Å²) in [7, 11) is 4.16. The molecule has 0 bridgehead atoms. The van der Waals surface area contributed by atoms with E-state index in [1.807, 2.05) is 10.9 Å². The fraction of sp³-hybridized carbons (Fsp3) is 0.200. The topological polar surface area (TPSA) is 38.9 Å². The van der Waals surface area contributed by atoms with Gasteiger partial charge in [-0.3, -0.25) is 0 Å². The summed E-state index contributed by atoms with van der Waals surface area (Å²) < 4.78 is 4.29. The quantitative estimate of drug-likeness (QED) is 0.414. The first kappa shape index (κ1) is 18.6. The first-order valence-electron chi connectivity index (χ1n) is 10.3. The van der Waals surface area contributed by atoms with E-state index in [2.05, 4.69) is 108 Å². The van der Waals surface area contributed by atoms with Gasteiger partial charge in [0.25, 0.3) is 0 Å². The van der Waals surface area contributed by atoms with Crippen LogP contribution in [0.5, 0.6) is 0 Å². The number of hydrogen-bond donors (Lipinski definition) is 0. The van der Waals surface area contributed by atoms with Gasteiger partial charge < -0.3 is 9.47 Å². The Morgan fingerprint density at radius 3 is 2.40 bits per heavy atom. The molecule has 0 saturated heterocycles. The van der Waals surface area contributed by atoms with E-state index in [0.29, 0.717) is 0 Å². The number of para-hydroxylation sites is 1. The Morgan fingerprint density at radius 1 is 0.867 bits per heavy atom. The molecule has 2 heterocycles. The minimum atomic E-state index is 0.927. The molecule has 0 atom stereocenters. The van der Waals surface area contributed by atoms with Crippen molar-refractivity contribution in [3.8, 4) is 16.9 Å². The highest BCUT2D eigenvalue weighted by molar-refractivity contribution is 6.08. The van der Waals surface area contributed by atoms with E-state index in [1.54, 1.807) is 0 Å². The van der Waals surface area contributed by atoms with Crippen LogP contribution in [0.4, 0.5) is 0 Å². The molecular formula is C25H25N5. The molecule has 0 spiro atoms. The van der Waals surface area contributed by atoms with Gasteiger partial charge >= 0.3 is 0 Å². The van der Waals surface area contributed by atoms with Crippen LogP contribution in [-0.2, 0) is 13.1 Å². The average Bonchev–Trinajstić information content (AvgIpc) is 3.36. The summed E-state index contributed by atoms with van der Waals surface area (Å²) in [5.74, 6) is 0. The number of rotatable bonds is 5. The maximum Gasteiger partial charge on any atom is 0.0944 e. The molecule has 150 valence electrons. The molecule has 5 nitrogen and oxygen atoms in total. The van der Waals surface area contributed by atoms with Crippen molar-refractivity contribution in [1.82, 2.24) is 24.5 Å². The lowest BCUT2D eigenvalue weighted by Gasteiger charge is -2.11. The Labute approximate surface area is 176 Å². The van der Waals surface area contributed by atoms with Crippen molar-refractivity contribution < 1.29 is 0 Å². The van der Waals surface area contributed by atoms with Gasteiger partial charge in [-0.1, -0.05) is 47.7 Å². The van der Waals surface area contributed by atoms with Crippen molar-refractivity contribution in [2.75, 3.05) is 14.1 Å². The molecule has 5 rings (SSSR count). The molecule has 0 amide bonds. The third kappa shape index (κ3) is 3.08. The van der Waals surface area contributed by atoms with Gasteiger partial charge in [0.05, 0.1) is 17.6 Å². The third-order valence-electron chi connectivity index (χ3n) is 5.61.